The van der Waals surface area contributed by atoms with Gasteiger partial charge in [0, 0.05) is 11.0 Å². The minimum Gasteiger partial charge on any atom is -0.477 e. The highest BCUT2D eigenvalue weighted by atomic mass is 16.5. The molecule has 0 atom stereocenters. The van der Waals surface area contributed by atoms with Gasteiger partial charge < -0.3 is 4.74 Å². The summed E-state index contributed by atoms with van der Waals surface area (Å²) in [6.45, 7) is 7.89. The van der Waals surface area contributed by atoms with E-state index in [-0.39, 0.29) is 5.91 Å². The van der Waals surface area contributed by atoms with Crippen LogP contribution in [0.5, 0.6) is 0 Å². The van der Waals surface area contributed by atoms with Crippen molar-refractivity contribution in [1.29, 1.82) is 0 Å². The van der Waals surface area contributed by atoms with Crippen LogP contribution in [-0.2, 0) is 9.53 Å². The van der Waals surface area contributed by atoms with Gasteiger partial charge in [0.2, 0.25) is 5.90 Å². The lowest BCUT2D eigenvalue weighted by Gasteiger charge is -2.14. The first-order valence-corrected chi connectivity index (χ1v) is 5.76. The highest BCUT2D eigenvalue weighted by molar-refractivity contribution is 6.02. The average Bonchev–Trinajstić information content (AvgIpc) is 2.28. The molecule has 0 N–H and O–H groups in total. The van der Waals surface area contributed by atoms with Gasteiger partial charge in [-0.15, -0.1) is 0 Å². The molecule has 0 heterocycles. The number of rotatable bonds is 2. The smallest absolute Gasteiger partial charge is 0.254 e. The van der Waals surface area contributed by atoms with E-state index in [2.05, 4.69) is 4.99 Å². The SMILES string of the molecule is CCOC(=NC(=O)C(C)(C)C)c1ccccc1. The van der Waals surface area contributed by atoms with Crippen molar-refractivity contribution < 1.29 is 9.53 Å². The molecule has 0 unspecified atom stereocenters. The quantitative estimate of drug-likeness (QED) is 0.581. The van der Waals surface area contributed by atoms with Crippen LogP contribution in [0.4, 0.5) is 0 Å². The van der Waals surface area contributed by atoms with E-state index in [1.807, 2.05) is 58.0 Å². The van der Waals surface area contributed by atoms with Crippen LogP contribution in [-0.4, -0.2) is 18.4 Å². The van der Waals surface area contributed by atoms with Crippen LogP contribution in [0.2, 0.25) is 0 Å². The number of amides is 1. The van der Waals surface area contributed by atoms with Crippen molar-refractivity contribution in [3.05, 3.63) is 35.9 Å². The molecule has 92 valence electrons. The van der Waals surface area contributed by atoms with Gasteiger partial charge in [0.05, 0.1) is 6.61 Å². The Hall–Kier alpha value is -1.64. The number of nitrogens with zero attached hydrogens (tertiary/aromatic N) is 1. The summed E-state index contributed by atoms with van der Waals surface area (Å²) in [7, 11) is 0. The fourth-order valence-corrected chi connectivity index (χ4v) is 1.16. The average molecular weight is 233 g/mol. The van der Waals surface area contributed by atoms with Crippen LogP contribution in [0.3, 0.4) is 0 Å². The van der Waals surface area contributed by atoms with E-state index >= 15 is 0 Å². The second-order valence-corrected chi connectivity index (χ2v) is 4.77. The highest BCUT2D eigenvalue weighted by Gasteiger charge is 2.22. The van der Waals surface area contributed by atoms with Crippen LogP contribution in [0.15, 0.2) is 35.3 Å². The van der Waals surface area contributed by atoms with Crippen LogP contribution < -0.4 is 0 Å². The summed E-state index contributed by atoms with van der Waals surface area (Å²) in [6, 6.07) is 9.46. The van der Waals surface area contributed by atoms with E-state index in [4.69, 9.17) is 4.74 Å². The van der Waals surface area contributed by atoms with Crippen LogP contribution in [0.1, 0.15) is 33.3 Å². The van der Waals surface area contributed by atoms with Gasteiger partial charge in [0.25, 0.3) is 5.91 Å². The molecule has 0 saturated heterocycles. The van der Waals surface area contributed by atoms with Crippen LogP contribution >= 0.6 is 0 Å². The molecule has 0 aliphatic carbocycles. The third kappa shape index (κ3) is 4.02. The summed E-state index contributed by atoms with van der Waals surface area (Å²) >= 11 is 0. The minimum absolute atomic E-state index is 0.176. The maximum atomic E-state index is 11.9. The lowest BCUT2D eigenvalue weighted by atomic mass is 9.96. The lowest BCUT2D eigenvalue weighted by molar-refractivity contribution is -0.124. The van der Waals surface area contributed by atoms with Gasteiger partial charge >= 0.3 is 0 Å². The predicted octanol–water partition coefficient (Wildman–Crippen LogP) is 3.04. The van der Waals surface area contributed by atoms with E-state index in [0.717, 1.165) is 5.56 Å². The van der Waals surface area contributed by atoms with Gasteiger partial charge in [0.1, 0.15) is 0 Å². The van der Waals surface area contributed by atoms with Gasteiger partial charge in [-0.05, 0) is 19.1 Å². The maximum absolute atomic E-state index is 11.9. The van der Waals surface area contributed by atoms with Crippen molar-refractivity contribution in [3.63, 3.8) is 0 Å². The van der Waals surface area contributed by atoms with Gasteiger partial charge in [0.15, 0.2) is 0 Å². The van der Waals surface area contributed by atoms with Gasteiger partial charge in [-0.3, -0.25) is 4.79 Å². The van der Waals surface area contributed by atoms with Gasteiger partial charge in [-0.1, -0.05) is 39.0 Å². The second-order valence-electron chi connectivity index (χ2n) is 4.77. The van der Waals surface area contributed by atoms with Crippen molar-refractivity contribution in [3.8, 4) is 0 Å². The molecule has 0 aliphatic heterocycles. The number of benzene rings is 1. The maximum Gasteiger partial charge on any atom is 0.254 e. The topological polar surface area (TPSA) is 38.7 Å². The summed E-state index contributed by atoms with van der Waals surface area (Å²) in [5.74, 6) is 0.220. The minimum atomic E-state index is -0.489. The first-order valence-electron chi connectivity index (χ1n) is 5.76. The van der Waals surface area contributed by atoms with Gasteiger partial charge in [-0.25, -0.2) is 0 Å². The number of aliphatic imine (C=N–C) groups is 1. The molecule has 0 spiro atoms. The molecule has 17 heavy (non-hydrogen) atoms. The molecule has 1 rings (SSSR count). The fraction of sp³-hybridized carbons (Fsp3) is 0.429. The van der Waals surface area contributed by atoms with Gasteiger partial charge in [-0.2, -0.15) is 4.99 Å². The second kappa shape index (κ2) is 5.62. The Morgan fingerprint density at radius 3 is 2.29 bits per heavy atom. The molecular weight excluding hydrogens is 214 g/mol. The predicted molar refractivity (Wildman–Crippen MR) is 69.1 cm³/mol. The van der Waals surface area contributed by atoms with Crippen molar-refractivity contribution in [2.24, 2.45) is 10.4 Å². The number of hydrogen-bond donors (Lipinski definition) is 0. The fourth-order valence-electron chi connectivity index (χ4n) is 1.16. The Bertz CT molecular complexity index is 402. The normalized spacial score (nSPS) is 12.4. The summed E-state index contributed by atoms with van der Waals surface area (Å²) < 4.78 is 5.42. The largest absolute Gasteiger partial charge is 0.477 e. The lowest BCUT2D eigenvalue weighted by Crippen LogP contribution is -2.21. The summed E-state index contributed by atoms with van der Waals surface area (Å²) in [4.78, 5) is 15.9. The molecule has 3 nitrogen and oxygen atoms in total. The monoisotopic (exact) mass is 233 g/mol. The van der Waals surface area contributed by atoms with E-state index in [1.165, 1.54) is 0 Å². The molecule has 0 fully saturated rings. The Labute approximate surface area is 103 Å². The van der Waals surface area contributed by atoms with Crippen molar-refractivity contribution >= 4 is 11.8 Å². The Morgan fingerprint density at radius 1 is 1.24 bits per heavy atom. The first kappa shape index (κ1) is 13.4. The Morgan fingerprint density at radius 2 is 1.82 bits per heavy atom. The number of carbonyl (C=O) groups is 1. The Kier molecular flexibility index (Phi) is 4.44. The third-order valence-corrected chi connectivity index (χ3v) is 2.15. The molecule has 0 saturated carbocycles. The summed E-state index contributed by atoms with van der Waals surface area (Å²) in [5, 5.41) is 0. The molecule has 1 aromatic rings. The number of hydrogen-bond acceptors (Lipinski definition) is 2. The van der Waals surface area contributed by atoms with E-state index in [0.29, 0.717) is 12.5 Å². The molecule has 3 heteroatoms. The molecule has 0 aromatic heterocycles. The molecular formula is C14H19NO2. The molecule has 0 aliphatic rings. The molecule has 1 aromatic carbocycles. The van der Waals surface area contributed by atoms with Crippen LogP contribution in [0.25, 0.3) is 0 Å². The van der Waals surface area contributed by atoms with Crippen molar-refractivity contribution in [2.75, 3.05) is 6.61 Å². The summed E-state index contributed by atoms with van der Waals surface area (Å²) in [5.41, 5.74) is 0.337. The van der Waals surface area contributed by atoms with E-state index < -0.39 is 5.41 Å². The van der Waals surface area contributed by atoms with Crippen molar-refractivity contribution in [1.82, 2.24) is 0 Å². The number of ether oxygens (including phenoxy) is 1. The van der Waals surface area contributed by atoms with E-state index in [9.17, 15) is 4.79 Å². The standard InChI is InChI=1S/C14H19NO2/c1-5-17-12(11-9-7-6-8-10-11)15-13(16)14(2,3)4/h6-10H,5H2,1-4H3. The highest BCUT2D eigenvalue weighted by Crippen LogP contribution is 2.16. The number of carbonyl (C=O) groups excluding carboxylic acids is 1. The molecule has 0 bridgehead atoms. The first-order chi connectivity index (χ1) is 7.95. The zero-order valence-corrected chi connectivity index (χ0v) is 10.9. The summed E-state index contributed by atoms with van der Waals surface area (Å²) in [6.07, 6.45) is 0. The molecule has 1 amide bonds. The van der Waals surface area contributed by atoms with E-state index in [1.54, 1.807) is 0 Å². The third-order valence-electron chi connectivity index (χ3n) is 2.15. The van der Waals surface area contributed by atoms with Crippen molar-refractivity contribution in [2.45, 2.75) is 27.7 Å². The van der Waals surface area contributed by atoms with Crippen LogP contribution in [0, 0.1) is 5.41 Å². The zero-order valence-electron chi connectivity index (χ0n) is 10.9. The molecule has 0 radical (unpaired) electrons. The Balaban J connectivity index is 3.02. The zero-order chi connectivity index (χ0) is 12.9.